The Labute approximate surface area is 198 Å². The number of piperidine rings is 1. The third-order valence-corrected chi connectivity index (χ3v) is 8.39. The van der Waals surface area contributed by atoms with E-state index in [1.54, 1.807) is 37.3 Å². The summed E-state index contributed by atoms with van der Waals surface area (Å²) in [7, 11) is -3.89. The summed E-state index contributed by atoms with van der Waals surface area (Å²) in [5.41, 5.74) is 2.46. The van der Waals surface area contributed by atoms with Crippen LogP contribution < -0.4 is 14.9 Å². The average Bonchev–Trinajstić information content (AvgIpc) is 3.29. The third-order valence-electron chi connectivity index (χ3n) is 5.64. The van der Waals surface area contributed by atoms with Crippen LogP contribution in [0.3, 0.4) is 0 Å². The number of amides is 1. The predicted molar refractivity (Wildman–Crippen MR) is 130 cm³/mol. The Balaban J connectivity index is 1.39. The van der Waals surface area contributed by atoms with E-state index in [0.29, 0.717) is 11.5 Å². The molecule has 1 aromatic heterocycles. The Kier molecular flexibility index (Phi) is 7.06. The number of nitrogens with one attached hydrogen (secondary N) is 2. The van der Waals surface area contributed by atoms with Gasteiger partial charge in [-0.2, -0.15) is 0 Å². The second kappa shape index (κ2) is 9.98. The van der Waals surface area contributed by atoms with Gasteiger partial charge in [-0.25, -0.2) is 13.1 Å². The van der Waals surface area contributed by atoms with Crippen molar-refractivity contribution in [3.05, 3.63) is 65.7 Å². The fraction of sp³-hybridized carbons (Fsp3) is 0.348. The van der Waals surface area contributed by atoms with Crippen LogP contribution in [0.2, 0.25) is 0 Å². The summed E-state index contributed by atoms with van der Waals surface area (Å²) in [6.07, 6.45) is 2.45. The van der Waals surface area contributed by atoms with Crippen LogP contribution >= 0.6 is 11.3 Å². The lowest BCUT2D eigenvalue weighted by Crippen LogP contribution is -2.34. The molecule has 0 unspecified atom stereocenters. The zero-order chi connectivity index (χ0) is 23.4. The minimum atomic E-state index is -3.89. The summed E-state index contributed by atoms with van der Waals surface area (Å²) in [6, 6.07) is 16.2. The molecule has 4 rings (SSSR count). The molecule has 1 aliphatic rings. The second-order valence-electron chi connectivity index (χ2n) is 8.32. The van der Waals surface area contributed by atoms with Crippen LogP contribution in [0.1, 0.15) is 48.7 Å². The number of hydrogen-bond acceptors (Lipinski definition) is 7. The fourth-order valence-electron chi connectivity index (χ4n) is 3.88. The van der Waals surface area contributed by atoms with Crippen molar-refractivity contribution in [1.29, 1.82) is 0 Å². The molecule has 2 aromatic carbocycles. The zero-order valence-electron chi connectivity index (χ0n) is 18.6. The summed E-state index contributed by atoms with van der Waals surface area (Å²) in [5.74, 6) is 0.304. The van der Waals surface area contributed by atoms with E-state index in [4.69, 9.17) is 0 Å². The molecule has 2 N–H and O–H groups in total. The fourth-order valence-corrected chi connectivity index (χ4v) is 6.02. The standard InChI is InChI=1S/C23H27N5O3S2/c1-16-7-6-14-28(15-16)20-12-10-18(11-13-20)17(2)27-33(30,31)23-26-25-22(32-23)24-21(29)19-8-4-3-5-9-19/h3-5,8-13,16-17,27H,6-7,14-15H2,1-2H3,(H,24,25,29)/t16-,17+/m0/s1. The monoisotopic (exact) mass is 485 g/mol. The van der Waals surface area contributed by atoms with Gasteiger partial charge in [-0.15, -0.1) is 10.2 Å². The number of hydrogen-bond donors (Lipinski definition) is 2. The van der Waals surface area contributed by atoms with Crippen molar-refractivity contribution in [3.63, 3.8) is 0 Å². The molecule has 0 bridgehead atoms. The van der Waals surface area contributed by atoms with Crippen LogP contribution in [-0.4, -0.2) is 37.6 Å². The molecule has 1 fully saturated rings. The predicted octanol–water partition coefficient (Wildman–Crippen LogP) is 4.07. The molecule has 8 nitrogen and oxygen atoms in total. The van der Waals surface area contributed by atoms with Crippen LogP contribution in [0.25, 0.3) is 0 Å². The quantitative estimate of drug-likeness (QED) is 0.489. The van der Waals surface area contributed by atoms with Gasteiger partial charge in [0.25, 0.3) is 15.9 Å². The lowest BCUT2D eigenvalue weighted by molar-refractivity contribution is 0.102. The highest BCUT2D eigenvalue weighted by molar-refractivity contribution is 7.91. The lowest BCUT2D eigenvalue weighted by atomic mass is 9.99. The van der Waals surface area contributed by atoms with Gasteiger partial charge in [0.2, 0.25) is 9.47 Å². The molecular formula is C23H27N5O3S2. The summed E-state index contributed by atoms with van der Waals surface area (Å²) in [5, 5.41) is 10.3. The van der Waals surface area contributed by atoms with Gasteiger partial charge in [0.05, 0.1) is 0 Å². The number of sulfonamides is 1. The lowest BCUT2D eigenvalue weighted by Gasteiger charge is -2.33. The van der Waals surface area contributed by atoms with Crippen LogP contribution in [-0.2, 0) is 10.0 Å². The largest absolute Gasteiger partial charge is 0.371 e. The van der Waals surface area contributed by atoms with Gasteiger partial charge in [0, 0.05) is 30.4 Å². The normalized spacial score (nSPS) is 17.5. The molecule has 0 spiro atoms. The first-order valence-corrected chi connectivity index (χ1v) is 13.2. The van der Waals surface area contributed by atoms with Crippen LogP contribution in [0, 0.1) is 5.92 Å². The van der Waals surface area contributed by atoms with Crippen LogP contribution in [0.4, 0.5) is 10.8 Å². The Morgan fingerprint density at radius 3 is 2.55 bits per heavy atom. The van der Waals surface area contributed by atoms with E-state index in [9.17, 15) is 13.2 Å². The third kappa shape index (κ3) is 5.76. The molecular weight excluding hydrogens is 458 g/mol. The van der Waals surface area contributed by atoms with Crippen molar-refractivity contribution in [1.82, 2.24) is 14.9 Å². The maximum Gasteiger partial charge on any atom is 0.270 e. The van der Waals surface area contributed by atoms with Crippen molar-refractivity contribution in [3.8, 4) is 0 Å². The first kappa shape index (κ1) is 23.3. The number of carbonyl (C=O) groups excluding carboxylic acids is 1. The molecule has 1 saturated heterocycles. The Bertz CT molecular complexity index is 1200. The number of aromatic nitrogens is 2. The highest BCUT2D eigenvalue weighted by atomic mass is 32.2. The molecule has 2 heterocycles. The molecule has 2 atom stereocenters. The maximum absolute atomic E-state index is 12.8. The van der Waals surface area contributed by atoms with E-state index < -0.39 is 16.1 Å². The number of carbonyl (C=O) groups is 1. The zero-order valence-corrected chi connectivity index (χ0v) is 20.2. The van der Waals surface area contributed by atoms with Gasteiger partial charge >= 0.3 is 0 Å². The molecule has 33 heavy (non-hydrogen) atoms. The van der Waals surface area contributed by atoms with Crippen molar-refractivity contribution in [2.75, 3.05) is 23.3 Å². The van der Waals surface area contributed by atoms with Gasteiger partial charge < -0.3 is 4.90 Å². The van der Waals surface area contributed by atoms with Gasteiger partial charge in [-0.1, -0.05) is 48.6 Å². The maximum atomic E-state index is 12.8. The smallest absolute Gasteiger partial charge is 0.270 e. The molecule has 174 valence electrons. The van der Waals surface area contributed by atoms with Gasteiger partial charge in [-0.05, 0) is 55.5 Å². The van der Waals surface area contributed by atoms with E-state index in [1.165, 1.54) is 12.8 Å². The van der Waals surface area contributed by atoms with Crippen LogP contribution in [0.15, 0.2) is 58.9 Å². The number of rotatable bonds is 7. The highest BCUT2D eigenvalue weighted by Gasteiger charge is 2.24. The van der Waals surface area contributed by atoms with Gasteiger partial charge in [0.1, 0.15) is 0 Å². The van der Waals surface area contributed by atoms with Crippen molar-refractivity contribution >= 4 is 38.1 Å². The topological polar surface area (TPSA) is 104 Å². The first-order valence-electron chi connectivity index (χ1n) is 10.9. The van der Waals surface area contributed by atoms with E-state index in [1.807, 2.05) is 24.3 Å². The van der Waals surface area contributed by atoms with E-state index in [2.05, 4.69) is 32.1 Å². The van der Waals surface area contributed by atoms with Crippen molar-refractivity contribution in [2.24, 2.45) is 5.92 Å². The minimum Gasteiger partial charge on any atom is -0.371 e. The van der Waals surface area contributed by atoms with E-state index >= 15 is 0 Å². The number of benzene rings is 2. The minimum absolute atomic E-state index is 0.122. The molecule has 3 aromatic rings. The van der Waals surface area contributed by atoms with E-state index in [-0.39, 0.29) is 15.4 Å². The van der Waals surface area contributed by atoms with E-state index in [0.717, 1.165) is 35.7 Å². The first-order chi connectivity index (χ1) is 15.8. The number of nitrogens with zero attached hydrogens (tertiary/aromatic N) is 3. The Morgan fingerprint density at radius 2 is 1.85 bits per heavy atom. The van der Waals surface area contributed by atoms with Crippen molar-refractivity contribution < 1.29 is 13.2 Å². The van der Waals surface area contributed by atoms with Crippen molar-refractivity contribution in [2.45, 2.75) is 37.1 Å². The molecule has 0 saturated carbocycles. The Hall–Kier alpha value is -2.82. The summed E-state index contributed by atoms with van der Waals surface area (Å²) in [6.45, 7) is 6.14. The van der Waals surface area contributed by atoms with Gasteiger partial charge in [-0.3, -0.25) is 10.1 Å². The average molecular weight is 486 g/mol. The summed E-state index contributed by atoms with van der Waals surface area (Å²) in [4.78, 5) is 14.6. The molecule has 10 heteroatoms. The Morgan fingerprint density at radius 1 is 1.12 bits per heavy atom. The summed E-state index contributed by atoms with van der Waals surface area (Å²) < 4.78 is 28.1. The highest BCUT2D eigenvalue weighted by Crippen LogP contribution is 2.26. The molecule has 0 radical (unpaired) electrons. The van der Waals surface area contributed by atoms with Crippen LogP contribution in [0.5, 0.6) is 0 Å². The van der Waals surface area contributed by atoms with Gasteiger partial charge in [0.15, 0.2) is 0 Å². The molecule has 1 amide bonds. The molecule has 1 aliphatic heterocycles. The SMILES string of the molecule is C[C@H]1CCCN(c2ccc([C@@H](C)NS(=O)(=O)c3nnc(NC(=O)c4ccccc4)s3)cc2)C1. The second-order valence-corrected chi connectivity index (χ2v) is 11.2. The molecule has 0 aliphatic carbocycles. The summed E-state index contributed by atoms with van der Waals surface area (Å²) >= 11 is 0.810. The number of anilines is 2.